The van der Waals surface area contributed by atoms with Crippen molar-refractivity contribution in [3.63, 3.8) is 0 Å². The van der Waals surface area contributed by atoms with E-state index in [9.17, 15) is 4.79 Å². The molecule has 124 valence electrons. The van der Waals surface area contributed by atoms with Gasteiger partial charge >= 0.3 is 5.97 Å². The highest BCUT2D eigenvalue weighted by Crippen LogP contribution is 2.38. The molecular formula is C17H16ClN3O2S. The van der Waals surface area contributed by atoms with Gasteiger partial charge in [-0.05, 0) is 55.5 Å². The molecule has 0 saturated heterocycles. The molecule has 2 aromatic heterocycles. The summed E-state index contributed by atoms with van der Waals surface area (Å²) >= 11 is 1.76. The maximum absolute atomic E-state index is 10.9. The molecule has 2 N–H and O–H groups in total. The number of anilines is 2. The van der Waals surface area contributed by atoms with Crippen LogP contribution >= 0.6 is 23.7 Å². The number of benzene rings is 1. The van der Waals surface area contributed by atoms with Gasteiger partial charge in [-0.2, -0.15) is 0 Å². The molecule has 1 aromatic carbocycles. The van der Waals surface area contributed by atoms with Gasteiger partial charge in [0.25, 0.3) is 0 Å². The Balaban J connectivity index is 0.00000169. The van der Waals surface area contributed by atoms with Gasteiger partial charge in [-0.1, -0.05) is 0 Å². The highest BCUT2D eigenvalue weighted by atomic mass is 35.5. The van der Waals surface area contributed by atoms with Crippen LogP contribution in [0.15, 0.2) is 30.6 Å². The molecule has 7 heteroatoms. The van der Waals surface area contributed by atoms with Crippen molar-refractivity contribution in [1.29, 1.82) is 0 Å². The van der Waals surface area contributed by atoms with Crippen LogP contribution in [-0.2, 0) is 12.8 Å². The van der Waals surface area contributed by atoms with E-state index in [1.54, 1.807) is 41.9 Å². The Morgan fingerprint density at radius 1 is 1.12 bits per heavy atom. The van der Waals surface area contributed by atoms with Crippen molar-refractivity contribution in [2.45, 2.75) is 25.7 Å². The topological polar surface area (TPSA) is 75.1 Å². The molecule has 4 rings (SSSR count). The third kappa shape index (κ3) is 2.95. The summed E-state index contributed by atoms with van der Waals surface area (Å²) < 4.78 is 0. The molecule has 0 saturated carbocycles. The van der Waals surface area contributed by atoms with Gasteiger partial charge in [-0.3, -0.25) is 0 Å². The van der Waals surface area contributed by atoms with Crippen molar-refractivity contribution in [2.24, 2.45) is 0 Å². The second-order valence-electron chi connectivity index (χ2n) is 5.62. The zero-order chi connectivity index (χ0) is 15.8. The predicted octanol–water partition coefficient (Wildman–Crippen LogP) is 4.43. The van der Waals surface area contributed by atoms with E-state index in [0.29, 0.717) is 0 Å². The number of fused-ring (bicyclic) bond motifs is 3. The third-order valence-electron chi connectivity index (χ3n) is 4.15. The number of aromatic nitrogens is 2. The number of carboxylic acid groups (broad SMARTS) is 1. The molecule has 5 nitrogen and oxygen atoms in total. The lowest BCUT2D eigenvalue weighted by Gasteiger charge is -2.12. The maximum Gasteiger partial charge on any atom is 0.335 e. The first-order valence-corrected chi connectivity index (χ1v) is 8.39. The van der Waals surface area contributed by atoms with Crippen LogP contribution in [0.5, 0.6) is 0 Å². The minimum absolute atomic E-state index is 0. The van der Waals surface area contributed by atoms with E-state index in [-0.39, 0.29) is 18.0 Å². The fourth-order valence-electron chi connectivity index (χ4n) is 3.02. The van der Waals surface area contributed by atoms with Crippen molar-refractivity contribution in [3.05, 3.63) is 46.6 Å². The van der Waals surface area contributed by atoms with Crippen LogP contribution in [0.4, 0.5) is 11.5 Å². The van der Waals surface area contributed by atoms with E-state index < -0.39 is 5.97 Å². The monoisotopic (exact) mass is 361 g/mol. The van der Waals surface area contributed by atoms with Crippen LogP contribution < -0.4 is 5.32 Å². The second-order valence-corrected chi connectivity index (χ2v) is 6.70. The van der Waals surface area contributed by atoms with Gasteiger partial charge in [-0.15, -0.1) is 23.7 Å². The number of hydrogen-bond donors (Lipinski definition) is 2. The van der Waals surface area contributed by atoms with Gasteiger partial charge in [0.1, 0.15) is 17.0 Å². The average molecular weight is 362 g/mol. The molecule has 0 spiro atoms. The molecule has 0 atom stereocenters. The Kier molecular flexibility index (Phi) is 4.69. The molecule has 0 aliphatic heterocycles. The Hall–Kier alpha value is -2.18. The first-order valence-electron chi connectivity index (χ1n) is 7.58. The van der Waals surface area contributed by atoms with E-state index in [0.717, 1.165) is 34.6 Å². The first-order chi connectivity index (χ1) is 11.2. The largest absolute Gasteiger partial charge is 0.478 e. The van der Waals surface area contributed by atoms with Crippen LogP contribution in [-0.4, -0.2) is 21.0 Å². The van der Waals surface area contributed by atoms with Crippen LogP contribution in [0.1, 0.15) is 33.6 Å². The Labute approximate surface area is 149 Å². The van der Waals surface area contributed by atoms with Crippen molar-refractivity contribution < 1.29 is 9.90 Å². The first kappa shape index (κ1) is 16.7. The van der Waals surface area contributed by atoms with Gasteiger partial charge in [0.2, 0.25) is 0 Å². The Morgan fingerprint density at radius 2 is 1.88 bits per heavy atom. The number of thiophene rings is 1. The van der Waals surface area contributed by atoms with Crippen LogP contribution in [0.3, 0.4) is 0 Å². The lowest BCUT2D eigenvalue weighted by Crippen LogP contribution is -2.01. The fraction of sp³-hybridized carbons (Fsp3) is 0.235. The van der Waals surface area contributed by atoms with E-state index in [1.165, 1.54) is 23.3 Å². The molecule has 0 radical (unpaired) electrons. The minimum atomic E-state index is -0.923. The highest BCUT2D eigenvalue weighted by molar-refractivity contribution is 7.19. The van der Waals surface area contributed by atoms with Crippen molar-refractivity contribution in [1.82, 2.24) is 9.97 Å². The number of nitrogens with one attached hydrogen (secondary N) is 1. The number of carbonyl (C=O) groups is 1. The van der Waals surface area contributed by atoms with E-state index in [4.69, 9.17) is 5.11 Å². The second kappa shape index (κ2) is 6.75. The van der Waals surface area contributed by atoms with Crippen LogP contribution in [0.2, 0.25) is 0 Å². The lowest BCUT2D eigenvalue weighted by molar-refractivity contribution is 0.0697. The van der Waals surface area contributed by atoms with Crippen molar-refractivity contribution in [2.75, 3.05) is 5.32 Å². The lowest BCUT2D eigenvalue weighted by atomic mass is 9.97. The fourth-order valence-corrected chi connectivity index (χ4v) is 4.25. The van der Waals surface area contributed by atoms with Gasteiger partial charge in [-0.25, -0.2) is 14.8 Å². The SMILES string of the molecule is Cl.O=C(O)c1ccc(Nc2ncnc3sc4c(c23)CCCC4)cc1. The molecule has 24 heavy (non-hydrogen) atoms. The zero-order valence-electron chi connectivity index (χ0n) is 12.8. The number of aromatic carboxylic acids is 1. The molecular weight excluding hydrogens is 346 g/mol. The molecule has 0 bridgehead atoms. The average Bonchev–Trinajstić information content (AvgIpc) is 2.95. The summed E-state index contributed by atoms with van der Waals surface area (Å²) in [6.45, 7) is 0. The number of halogens is 1. The Morgan fingerprint density at radius 3 is 2.62 bits per heavy atom. The number of aryl methyl sites for hydroxylation is 2. The molecule has 1 aliphatic rings. The number of rotatable bonds is 3. The van der Waals surface area contributed by atoms with Gasteiger partial charge in [0, 0.05) is 10.6 Å². The van der Waals surface area contributed by atoms with Crippen LogP contribution in [0, 0.1) is 0 Å². The number of carboxylic acids is 1. The molecule has 0 fully saturated rings. The maximum atomic E-state index is 10.9. The summed E-state index contributed by atoms with van der Waals surface area (Å²) in [4.78, 5) is 22.2. The Bertz CT molecular complexity index is 893. The van der Waals surface area contributed by atoms with E-state index >= 15 is 0 Å². The van der Waals surface area contributed by atoms with Gasteiger partial charge in [0.05, 0.1) is 10.9 Å². The summed E-state index contributed by atoms with van der Waals surface area (Å²) in [5.74, 6) is -0.120. The van der Waals surface area contributed by atoms with Crippen molar-refractivity contribution in [3.8, 4) is 0 Å². The summed E-state index contributed by atoms with van der Waals surface area (Å²) in [7, 11) is 0. The van der Waals surface area contributed by atoms with E-state index in [2.05, 4.69) is 15.3 Å². The summed E-state index contributed by atoms with van der Waals surface area (Å²) in [5.41, 5.74) is 2.48. The minimum Gasteiger partial charge on any atom is -0.478 e. The number of nitrogens with zero attached hydrogens (tertiary/aromatic N) is 2. The molecule has 3 aromatic rings. The standard InChI is InChI=1S/C17H15N3O2S.ClH/c21-17(22)10-5-7-11(8-6-10)20-15-14-12-3-1-2-4-13(12)23-16(14)19-9-18-15;/h5-9H,1-4H2,(H,21,22)(H,18,19,20);1H. The molecule has 1 aliphatic carbocycles. The summed E-state index contributed by atoms with van der Waals surface area (Å²) in [6.07, 6.45) is 6.24. The molecule has 0 amide bonds. The van der Waals surface area contributed by atoms with E-state index in [1.807, 2.05) is 0 Å². The highest BCUT2D eigenvalue weighted by Gasteiger charge is 2.19. The smallest absolute Gasteiger partial charge is 0.335 e. The third-order valence-corrected chi connectivity index (χ3v) is 5.35. The quantitative estimate of drug-likeness (QED) is 0.721. The summed E-state index contributed by atoms with van der Waals surface area (Å²) in [5, 5.41) is 13.4. The molecule has 2 heterocycles. The van der Waals surface area contributed by atoms with Crippen molar-refractivity contribution >= 4 is 51.4 Å². The predicted molar refractivity (Wildman–Crippen MR) is 98.0 cm³/mol. The zero-order valence-corrected chi connectivity index (χ0v) is 14.4. The van der Waals surface area contributed by atoms with Crippen LogP contribution in [0.25, 0.3) is 10.2 Å². The van der Waals surface area contributed by atoms with Gasteiger partial charge in [0.15, 0.2) is 0 Å². The summed E-state index contributed by atoms with van der Waals surface area (Å²) in [6, 6.07) is 6.70. The normalized spacial score (nSPS) is 13.2. The molecule has 0 unspecified atom stereocenters. The number of hydrogen-bond acceptors (Lipinski definition) is 5. The van der Waals surface area contributed by atoms with Gasteiger partial charge < -0.3 is 10.4 Å².